The van der Waals surface area contributed by atoms with E-state index >= 15 is 0 Å². The molecule has 2 N–H and O–H groups in total. The van der Waals surface area contributed by atoms with Crippen LogP contribution in [0.15, 0.2) is 18.2 Å². The van der Waals surface area contributed by atoms with E-state index in [1.807, 2.05) is 41.5 Å². The Kier molecular flexibility index (Phi) is 6.42. The number of carbonyl (C=O) groups excluding carboxylic acids is 1. The van der Waals surface area contributed by atoms with Crippen molar-refractivity contribution in [3.63, 3.8) is 0 Å². The Morgan fingerprint density at radius 1 is 1.30 bits per heavy atom. The van der Waals surface area contributed by atoms with Gasteiger partial charge in [0.15, 0.2) is 0 Å². The third-order valence-electron chi connectivity index (χ3n) is 3.13. The van der Waals surface area contributed by atoms with Crippen LogP contribution in [-0.2, 0) is 4.74 Å². The third kappa shape index (κ3) is 7.18. The van der Waals surface area contributed by atoms with Crippen molar-refractivity contribution in [2.45, 2.75) is 58.7 Å². The number of carbonyl (C=O) groups is 1. The van der Waals surface area contributed by atoms with Gasteiger partial charge < -0.3 is 15.4 Å². The fourth-order valence-electron chi connectivity index (χ4n) is 1.93. The molecule has 23 heavy (non-hydrogen) atoms. The van der Waals surface area contributed by atoms with Crippen LogP contribution in [-0.4, -0.2) is 23.8 Å². The summed E-state index contributed by atoms with van der Waals surface area (Å²) in [5.41, 5.74) is -0.156. The molecule has 1 atom stereocenters. The molecule has 0 heterocycles. The molecule has 0 radical (unpaired) electrons. The van der Waals surface area contributed by atoms with Gasteiger partial charge in [0.05, 0.1) is 10.6 Å². The highest BCUT2D eigenvalue weighted by molar-refractivity contribution is 6.30. The van der Waals surface area contributed by atoms with Crippen LogP contribution in [0.3, 0.4) is 0 Å². The quantitative estimate of drug-likeness (QED) is 0.830. The molecule has 1 rings (SSSR count). The summed E-state index contributed by atoms with van der Waals surface area (Å²) in [7, 11) is 0. The van der Waals surface area contributed by atoms with E-state index in [2.05, 4.69) is 10.6 Å². The van der Waals surface area contributed by atoms with E-state index in [1.165, 1.54) is 6.07 Å². The third-order valence-corrected chi connectivity index (χ3v) is 3.42. The molecule has 4 nitrogen and oxygen atoms in total. The number of halogens is 2. The number of hydrogen-bond donors (Lipinski definition) is 2. The molecule has 1 aromatic carbocycles. The number of rotatable bonds is 5. The Labute approximate surface area is 142 Å². The first-order chi connectivity index (χ1) is 10.4. The van der Waals surface area contributed by atoms with E-state index in [0.29, 0.717) is 6.54 Å². The summed E-state index contributed by atoms with van der Waals surface area (Å²) >= 11 is 5.80. The number of amides is 1. The minimum Gasteiger partial charge on any atom is -0.444 e. The van der Waals surface area contributed by atoms with Crippen LogP contribution in [0, 0.1) is 5.82 Å². The second kappa shape index (κ2) is 7.49. The van der Waals surface area contributed by atoms with Gasteiger partial charge in [-0.25, -0.2) is 9.18 Å². The Bertz CT molecular complexity index is 556. The first-order valence-corrected chi connectivity index (χ1v) is 7.97. The van der Waals surface area contributed by atoms with E-state index in [9.17, 15) is 9.18 Å². The molecule has 0 saturated heterocycles. The Morgan fingerprint density at radius 2 is 1.91 bits per heavy atom. The lowest BCUT2D eigenvalue weighted by Crippen LogP contribution is -2.51. The van der Waals surface area contributed by atoms with E-state index in [-0.39, 0.29) is 11.1 Å². The lowest BCUT2D eigenvalue weighted by molar-refractivity contribution is 0.0471. The summed E-state index contributed by atoms with van der Waals surface area (Å²) in [5, 5.41) is 6.23. The molecule has 130 valence electrons. The lowest BCUT2D eigenvalue weighted by Gasteiger charge is -2.30. The molecule has 0 aliphatic rings. The maximum absolute atomic E-state index is 13.2. The van der Waals surface area contributed by atoms with Gasteiger partial charge in [0.25, 0.3) is 0 Å². The number of ether oxygens (including phenoxy) is 1. The summed E-state index contributed by atoms with van der Waals surface area (Å²) in [4.78, 5) is 11.9. The maximum Gasteiger partial charge on any atom is 0.408 e. The molecule has 6 heteroatoms. The first kappa shape index (κ1) is 19.7. The normalized spacial score (nSPS) is 13.6. The minimum atomic E-state index is -0.536. The summed E-state index contributed by atoms with van der Waals surface area (Å²) in [6.45, 7) is 11.7. The van der Waals surface area contributed by atoms with Crippen molar-refractivity contribution >= 4 is 17.7 Å². The van der Waals surface area contributed by atoms with Crippen molar-refractivity contribution in [1.29, 1.82) is 0 Å². The minimum absolute atomic E-state index is 0.0344. The number of hydrogen-bond acceptors (Lipinski definition) is 3. The summed E-state index contributed by atoms with van der Waals surface area (Å²) in [5.74, 6) is -0.436. The summed E-state index contributed by atoms with van der Waals surface area (Å²) in [6.07, 6.45) is -0.457. The number of nitrogens with one attached hydrogen (secondary N) is 2. The van der Waals surface area contributed by atoms with E-state index in [0.717, 1.165) is 5.56 Å². The van der Waals surface area contributed by atoms with Crippen molar-refractivity contribution in [3.8, 4) is 0 Å². The molecule has 1 unspecified atom stereocenters. The summed E-state index contributed by atoms with van der Waals surface area (Å²) in [6, 6.07) is 4.60. The largest absolute Gasteiger partial charge is 0.444 e. The zero-order chi connectivity index (χ0) is 17.8. The van der Waals surface area contributed by atoms with Crippen LogP contribution in [0.5, 0.6) is 0 Å². The monoisotopic (exact) mass is 344 g/mol. The molecule has 0 bridgehead atoms. The summed E-state index contributed by atoms with van der Waals surface area (Å²) < 4.78 is 18.5. The molecule has 0 saturated carbocycles. The van der Waals surface area contributed by atoms with E-state index < -0.39 is 23.1 Å². The highest BCUT2D eigenvalue weighted by Crippen LogP contribution is 2.21. The Balaban J connectivity index is 2.57. The fourth-order valence-corrected chi connectivity index (χ4v) is 2.12. The number of benzene rings is 1. The van der Waals surface area contributed by atoms with Gasteiger partial charge in [0.2, 0.25) is 0 Å². The molecular formula is C17H26ClFN2O2. The lowest BCUT2D eigenvalue weighted by atomic mass is 10.0. The molecule has 0 fully saturated rings. The highest BCUT2D eigenvalue weighted by Gasteiger charge is 2.25. The number of alkyl carbamates (subject to hydrolysis) is 1. The highest BCUT2D eigenvalue weighted by atomic mass is 35.5. The average molecular weight is 345 g/mol. The van der Waals surface area contributed by atoms with Gasteiger partial charge in [-0.15, -0.1) is 0 Å². The van der Waals surface area contributed by atoms with Gasteiger partial charge >= 0.3 is 6.09 Å². The van der Waals surface area contributed by atoms with Crippen molar-refractivity contribution in [1.82, 2.24) is 10.6 Å². The molecule has 1 aromatic rings. The van der Waals surface area contributed by atoms with Crippen LogP contribution < -0.4 is 10.6 Å². The van der Waals surface area contributed by atoms with Crippen molar-refractivity contribution in [2.24, 2.45) is 0 Å². The second-order valence-electron chi connectivity index (χ2n) is 7.29. The van der Waals surface area contributed by atoms with Gasteiger partial charge in [0.1, 0.15) is 11.4 Å². The molecular weight excluding hydrogens is 319 g/mol. The standard InChI is InChI=1S/C17H26ClFN2O2/c1-11(12-7-8-14(19)13(18)9-12)20-10-17(5,6)21-15(22)23-16(2,3)4/h7-9,11,20H,10H2,1-6H3,(H,21,22). The molecule has 0 spiro atoms. The Morgan fingerprint density at radius 3 is 2.43 bits per heavy atom. The SMILES string of the molecule is CC(NCC(C)(C)NC(=O)OC(C)(C)C)c1ccc(F)c(Cl)c1. The van der Waals surface area contributed by atoms with E-state index in [1.54, 1.807) is 12.1 Å². The van der Waals surface area contributed by atoms with Crippen LogP contribution >= 0.6 is 11.6 Å². The van der Waals surface area contributed by atoms with Crippen molar-refractivity contribution in [2.75, 3.05) is 6.54 Å². The molecule has 1 amide bonds. The molecule has 0 aliphatic carbocycles. The van der Waals surface area contributed by atoms with Gasteiger partial charge in [-0.2, -0.15) is 0 Å². The van der Waals surface area contributed by atoms with Gasteiger partial charge in [0, 0.05) is 12.6 Å². The van der Waals surface area contributed by atoms with Gasteiger partial charge in [-0.05, 0) is 59.2 Å². The topological polar surface area (TPSA) is 50.4 Å². The average Bonchev–Trinajstić information content (AvgIpc) is 2.36. The Hall–Kier alpha value is -1.33. The zero-order valence-electron chi connectivity index (χ0n) is 14.6. The van der Waals surface area contributed by atoms with Gasteiger partial charge in [-0.1, -0.05) is 17.7 Å². The predicted molar refractivity (Wildman–Crippen MR) is 91.3 cm³/mol. The first-order valence-electron chi connectivity index (χ1n) is 7.59. The van der Waals surface area contributed by atoms with Crippen molar-refractivity contribution < 1.29 is 13.9 Å². The predicted octanol–water partition coefficient (Wildman–Crippen LogP) is 4.43. The van der Waals surface area contributed by atoms with E-state index in [4.69, 9.17) is 16.3 Å². The fraction of sp³-hybridized carbons (Fsp3) is 0.588. The maximum atomic E-state index is 13.2. The smallest absolute Gasteiger partial charge is 0.408 e. The molecule has 0 aliphatic heterocycles. The second-order valence-corrected chi connectivity index (χ2v) is 7.69. The van der Waals surface area contributed by atoms with Crippen molar-refractivity contribution in [3.05, 3.63) is 34.6 Å². The van der Waals surface area contributed by atoms with Crippen LogP contribution in [0.25, 0.3) is 0 Å². The zero-order valence-corrected chi connectivity index (χ0v) is 15.3. The van der Waals surface area contributed by atoms with Gasteiger partial charge in [-0.3, -0.25) is 0 Å². The molecule has 0 aromatic heterocycles. The van der Waals surface area contributed by atoms with Crippen LogP contribution in [0.4, 0.5) is 9.18 Å². The van der Waals surface area contributed by atoms with Crippen LogP contribution in [0.1, 0.15) is 53.1 Å². The van der Waals surface area contributed by atoms with Crippen LogP contribution in [0.2, 0.25) is 5.02 Å².